The van der Waals surface area contributed by atoms with E-state index in [1.807, 2.05) is 23.7 Å². The Bertz CT molecular complexity index is 555. The van der Waals surface area contributed by atoms with E-state index in [-0.39, 0.29) is 11.7 Å². The van der Waals surface area contributed by atoms with Gasteiger partial charge in [0.05, 0.1) is 19.1 Å². The molecule has 0 fully saturated rings. The van der Waals surface area contributed by atoms with Gasteiger partial charge in [-0.25, -0.2) is 9.97 Å². The van der Waals surface area contributed by atoms with Gasteiger partial charge in [-0.3, -0.25) is 4.79 Å². The minimum Gasteiger partial charge on any atom is -0.468 e. The number of carbonyl (C=O) groups is 1. The molecule has 0 atom stereocenters. The maximum atomic E-state index is 11.2. The fourth-order valence-corrected chi connectivity index (χ4v) is 2.27. The fraction of sp³-hybridized carbons (Fsp3) is 0.364. The molecule has 0 amide bonds. The van der Waals surface area contributed by atoms with Crippen LogP contribution in [0.15, 0.2) is 23.6 Å². The molecule has 18 heavy (non-hydrogen) atoms. The molecule has 0 radical (unpaired) electrons. The molecule has 0 unspecified atom stereocenters. The Balaban J connectivity index is 2.28. The van der Waals surface area contributed by atoms with Gasteiger partial charge in [-0.1, -0.05) is 11.8 Å². The molecule has 0 saturated carbocycles. The fourth-order valence-electron chi connectivity index (χ4n) is 1.45. The third kappa shape index (κ3) is 2.73. The zero-order valence-corrected chi connectivity index (χ0v) is 11.0. The van der Waals surface area contributed by atoms with Crippen molar-refractivity contribution in [1.82, 2.24) is 14.4 Å². The van der Waals surface area contributed by atoms with Gasteiger partial charge in [0.2, 0.25) is 0 Å². The van der Waals surface area contributed by atoms with Crippen molar-refractivity contribution in [1.29, 1.82) is 0 Å². The van der Waals surface area contributed by atoms with E-state index in [1.165, 1.54) is 18.9 Å². The molecule has 1 N–H and O–H groups in total. The number of nitrogens with one attached hydrogen (secondary N) is 1. The number of hydrogen-bond acceptors (Lipinski definition) is 6. The molecule has 0 aliphatic heterocycles. The first kappa shape index (κ1) is 12.7. The first-order chi connectivity index (χ1) is 8.74. The summed E-state index contributed by atoms with van der Waals surface area (Å²) in [5.74, 6) is 0.706. The topological polar surface area (TPSA) is 68.5 Å². The molecule has 0 bridgehead atoms. The molecule has 2 heterocycles. The van der Waals surface area contributed by atoms with Crippen LogP contribution in [0, 0.1) is 0 Å². The van der Waals surface area contributed by atoms with Crippen molar-refractivity contribution >= 4 is 29.2 Å². The first-order valence-corrected chi connectivity index (χ1v) is 6.50. The highest BCUT2D eigenvalue weighted by Gasteiger charge is 2.10. The van der Waals surface area contributed by atoms with Gasteiger partial charge in [-0.15, -0.1) is 0 Å². The quantitative estimate of drug-likeness (QED) is 0.652. The van der Waals surface area contributed by atoms with E-state index in [1.54, 1.807) is 6.20 Å². The van der Waals surface area contributed by atoms with E-state index < -0.39 is 0 Å². The monoisotopic (exact) mass is 266 g/mol. The van der Waals surface area contributed by atoms with Crippen molar-refractivity contribution in [3.8, 4) is 0 Å². The van der Waals surface area contributed by atoms with Gasteiger partial charge < -0.3 is 14.5 Å². The van der Waals surface area contributed by atoms with Crippen LogP contribution in [0.1, 0.15) is 6.92 Å². The average molecular weight is 266 g/mol. The zero-order chi connectivity index (χ0) is 13.0. The highest BCUT2D eigenvalue weighted by molar-refractivity contribution is 8.00. The number of ether oxygens (including phenoxy) is 1. The SMILES string of the molecule is CCNc1cn2ccnc2c(SCC(=O)OC)n1. The number of esters is 1. The number of aromatic nitrogens is 3. The number of carbonyl (C=O) groups excluding carboxylic acids is 1. The lowest BCUT2D eigenvalue weighted by atomic mass is 10.6. The average Bonchev–Trinajstić information content (AvgIpc) is 2.84. The smallest absolute Gasteiger partial charge is 0.316 e. The van der Waals surface area contributed by atoms with Crippen molar-refractivity contribution in [2.24, 2.45) is 0 Å². The normalized spacial score (nSPS) is 10.6. The Labute approximate surface area is 109 Å². The van der Waals surface area contributed by atoms with Crippen molar-refractivity contribution < 1.29 is 9.53 Å². The van der Waals surface area contributed by atoms with Crippen molar-refractivity contribution in [3.63, 3.8) is 0 Å². The molecule has 0 aliphatic rings. The molecule has 2 aromatic rings. The van der Waals surface area contributed by atoms with E-state index in [0.717, 1.165) is 18.0 Å². The number of imidazole rings is 1. The maximum Gasteiger partial charge on any atom is 0.316 e. The van der Waals surface area contributed by atoms with Crippen molar-refractivity contribution in [2.45, 2.75) is 11.9 Å². The van der Waals surface area contributed by atoms with Gasteiger partial charge in [0.1, 0.15) is 10.8 Å². The molecular weight excluding hydrogens is 252 g/mol. The van der Waals surface area contributed by atoms with Crippen LogP contribution in [0.3, 0.4) is 0 Å². The molecule has 96 valence electrons. The third-order valence-electron chi connectivity index (χ3n) is 2.26. The van der Waals surface area contributed by atoms with Crippen LogP contribution in [0.5, 0.6) is 0 Å². The van der Waals surface area contributed by atoms with Crippen LogP contribution in [0.4, 0.5) is 5.82 Å². The Morgan fingerprint density at radius 3 is 3.17 bits per heavy atom. The van der Waals surface area contributed by atoms with Crippen LogP contribution in [-0.4, -0.2) is 39.7 Å². The number of methoxy groups -OCH3 is 1. The lowest BCUT2D eigenvalue weighted by Crippen LogP contribution is -2.06. The molecule has 7 heteroatoms. The Kier molecular flexibility index (Phi) is 4.03. The van der Waals surface area contributed by atoms with Crippen LogP contribution in [-0.2, 0) is 9.53 Å². The second kappa shape index (κ2) is 5.72. The van der Waals surface area contributed by atoms with Gasteiger partial charge in [0.15, 0.2) is 5.65 Å². The van der Waals surface area contributed by atoms with Crippen LogP contribution < -0.4 is 5.32 Å². The largest absolute Gasteiger partial charge is 0.468 e. The van der Waals surface area contributed by atoms with Crippen LogP contribution in [0.2, 0.25) is 0 Å². The van der Waals surface area contributed by atoms with E-state index in [2.05, 4.69) is 20.0 Å². The molecular formula is C11H14N4O2S. The summed E-state index contributed by atoms with van der Waals surface area (Å²) in [6.07, 6.45) is 5.42. The standard InChI is InChI=1S/C11H14N4O2S/c1-3-12-8-6-15-5-4-13-10(15)11(14-8)18-7-9(16)17-2/h4-6,12H,3,7H2,1-2H3. The Morgan fingerprint density at radius 2 is 2.44 bits per heavy atom. The summed E-state index contributed by atoms with van der Waals surface area (Å²) in [4.78, 5) is 19.8. The highest BCUT2D eigenvalue weighted by atomic mass is 32.2. The molecule has 0 aliphatic carbocycles. The Hall–Kier alpha value is -1.76. The number of anilines is 1. The van der Waals surface area contributed by atoms with E-state index >= 15 is 0 Å². The Morgan fingerprint density at radius 1 is 1.61 bits per heavy atom. The minimum atomic E-state index is -0.277. The van der Waals surface area contributed by atoms with E-state index in [9.17, 15) is 4.79 Å². The second-order valence-corrected chi connectivity index (χ2v) is 4.45. The van der Waals surface area contributed by atoms with Crippen LogP contribution >= 0.6 is 11.8 Å². The second-order valence-electron chi connectivity index (χ2n) is 3.48. The number of fused-ring (bicyclic) bond motifs is 1. The molecule has 0 saturated heterocycles. The highest BCUT2D eigenvalue weighted by Crippen LogP contribution is 2.22. The predicted octanol–water partition coefficient (Wildman–Crippen LogP) is 1.43. The summed E-state index contributed by atoms with van der Waals surface area (Å²) in [6.45, 7) is 2.79. The lowest BCUT2D eigenvalue weighted by Gasteiger charge is -2.07. The van der Waals surface area contributed by atoms with Crippen LogP contribution in [0.25, 0.3) is 5.65 Å². The number of thioether (sulfide) groups is 1. The molecule has 2 rings (SSSR count). The molecule has 0 spiro atoms. The summed E-state index contributed by atoms with van der Waals surface area (Å²) < 4.78 is 6.49. The summed E-state index contributed by atoms with van der Waals surface area (Å²) in [5, 5.41) is 3.85. The third-order valence-corrected chi connectivity index (χ3v) is 3.18. The predicted molar refractivity (Wildman–Crippen MR) is 69.9 cm³/mol. The summed E-state index contributed by atoms with van der Waals surface area (Å²) >= 11 is 1.32. The first-order valence-electron chi connectivity index (χ1n) is 5.51. The molecule has 2 aromatic heterocycles. The van der Waals surface area contributed by atoms with Gasteiger partial charge in [0, 0.05) is 18.9 Å². The number of nitrogens with zero attached hydrogens (tertiary/aromatic N) is 3. The molecule has 0 aromatic carbocycles. The molecule has 6 nitrogen and oxygen atoms in total. The van der Waals surface area contributed by atoms with Crippen molar-refractivity contribution in [2.75, 3.05) is 24.7 Å². The number of hydrogen-bond donors (Lipinski definition) is 1. The minimum absolute atomic E-state index is 0.224. The van der Waals surface area contributed by atoms with Gasteiger partial charge in [-0.05, 0) is 6.92 Å². The van der Waals surface area contributed by atoms with Gasteiger partial charge >= 0.3 is 5.97 Å². The van der Waals surface area contributed by atoms with Gasteiger partial charge in [-0.2, -0.15) is 0 Å². The van der Waals surface area contributed by atoms with E-state index in [0.29, 0.717) is 5.03 Å². The van der Waals surface area contributed by atoms with Gasteiger partial charge in [0.25, 0.3) is 0 Å². The summed E-state index contributed by atoms with van der Waals surface area (Å²) in [6, 6.07) is 0. The zero-order valence-electron chi connectivity index (χ0n) is 10.2. The summed E-state index contributed by atoms with van der Waals surface area (Å²) in [5.41, 5.74) is 0.741. The summed E-state index contributed by atoms with van der Waals surface area (Å²) in [7, 11) is 1.37. The maximum absolute atomic E-state index is 11.2. The van der Waals surface area contributed by atoms with Crippen molar-refractivity contribution in [3.05, 3.63) is 18.6 Å². The lowest BCUT2D eigenvalue weighted by molar-refractivity contribution is -0.137. The van der Waals surface area contributed by atoms with E-state index in [4.69, 9.17) is 0 Å². The number of rotatable bonds is 5.